The summed E-state index contributed by atoms with van der Waals surface area (Å²) in [5.74, 6) is 0.828. The number of fused-ring (bicyclic) bond motifs is 1. The van der Waals surface area contributed by atoms with Gasteiger partial charge >= 0.3 is 0 Å². The molecule has 6 nitrogen and oxygen atoms in total. The van der Waals surface area contributed by atoms with Gasteiger partial charge in [-0.1, -0.05) is 19.1 Å². The number of aryl methyl sites for hydroxylation is 1. The van der Waals surface area contributed by atoms with Crippen molar-refractivity contribution in [3.63, 3.8) is 0 Å². The molecule has 1 amide bonds. The molecule has 6 heteroatoms. The SMILES string of the molecule is CCC1CN(C(=O)CCCn2c(C)nc3ccccc3c2=O)CCO1. The third-order valence-electron chi connectivity index (χ3n) is 4.77. The molecule has 1 aliphatic rings. The molecule has 2 aromatic rings. The number of para-hydroxylation sites is 1. The van der Waals surface area contributed by atoms with E-state index in [1.54, 1.807) is 10.6 Å². The van der Waals surface area contributed by atoms with Crippen LogP contribution in [0.5, 0.6) is 0 Å². The number of amides is 1. The maximum atomic E-state index is 12.6. The molecule has 0 spiro atoms. The first-order valence-electron chi connectivity index (χ1n) is 8.95. The summed E-state index contributed by atoms with van der Waals surface area (Å²) in [4.78, 5) is 31.4. The maximum absolute atomic E-state index is 12.6. The van der Waals surface area contributed by atoms with E-state index in [1.807, 2.05) is 30.0 Å². The molecule has 3 rings (SSSR count). The second-order valence-corrected chi connectivity index (χ2v) is 6.48. The molecule has 0 saturated carbocycles. The van der Waals surface area contributed by atoms with Crippen LogP contribution in [0.25, 0.3) is 10.9 Å². The number of aromatic nitrogens is 2. The van der Waals surface area contributed by atoms with Crippen LogP contribution in [0.15, 0.2) is 29.1 Å². The van der Waals surface area contributed by atoms with Crippen molar-refractivity contribution >= 4 is 16.8 Å². The van der Waals surface area contributed by atoms with Crippen LogP contribution in [0.4, 0.5) is 0 Å². The standard InChI is InChI=1S/C19H25N3O3/c1-3-15-13-21(11-12-25-15)18(23)9-6-10-22-14(2)20-17-8-5-4-7-16(17)19(22)24/h4-5,7-8,15H,3,6,9-13H2,1-2H3. The van der Waals surface area contributed by atoms with Crippen molar-refractivity contribution in [2.24, 2.45) is 0 Å². The zero-order chi connectivity index (χ0) is 17.8. The molecule has 1 aromatic carbocycles. The maximum Gasteiger partial charge on any atom is 0.261 e. The molecule has 25 heavy (non-hydrogen) atoms. The summed E-state index contributed by atoms with van der Waals surface area (Å²) < 4.78 is 7.28. The first-order valence-corrected chi connectivity index (χ1v) is 8.95. The number of benzene rings is 1. The Kier molecular flexibility index (Phi) is 5.48. The summed E-state index contributed by atoms with van der Waals surface area (Å²) in [6.45, 7) is 6.36. The molecule has 0 aliphatic carbocycles. The highest BCUT2D eigenvalue weighted by molar-refractivity contribution is 5.77. The van der Waals surface area contributed by atoms with Crippen molar-refractivity contribution < 1.29 is 9.53 Å². The van der Waals surface area contributed by atoms with Crippen molar-refractivity contribution in [2.45, 2.75) is 45.8 Å². The molecular formula is C19H25N3O3. The zero-order valence-corrected chi connectivity index (χ0v) is 14.9. The number of nitrogens with zero attached hydrogens (tertiary/aromatic N) is 3. The highest BCUT2D eigenvalue weighted by atomic mass is 16.5. The van der Waals surface area contributed by atoms with Gasteiger partial charge in [0.2, 0.25) is 5.91 Å². The Labute approximate surface area is 147 Å². The van der Waals surface area contributed by atoms with Crippen LogP contribution < -0.4 is 5.56 Å². The lowest BCUT2D eigenvalue weighted by atomic mass is 10.2. The van der Waals surface area contributed by atoms with Gasteiger partial charge in [0.15, 0.2) is 0 Å². The summed E-state index contributed by atoms with van der Waals surface area (Å²) in [7, 11) is 0. The molecule has 1 saturated heterocycles. The van der Waals surface area contributed by atoms with Gasteiger partial charge in [-0.25, -0.2) is 4.98 Å². The Morgan fingerprint density at radius 1 is 1.36 bits per heavy atom. The minimum atomic E-state index is -0.0343. The molecule has 1 aliphatic heterocycles. The fraction of sp³-hybridized carbons (Fsp3) is 0.526. The average Bonchev–Trinajstić information content (AvgIpc) is 2.64. The van der Waals surface area contributed by atoms with Gasteiger partial charge < -0.3 is 9.64 Å². The lowest BCUT2D eigenvalue weighted by Gasteiger charge is -2.32. The smallest absolute Gasteiger partial charge is 0.261 e. The summed E-state index contributed by atoms with van der Waals surface area (Å²) in [5, 5.41) is 0.624. The van der Waals surface area contributed by atoms with Crippen molar-refractivity contribution in [3.05, 3.63) is 40.4 Å². The number of carbonyl (C=O) groups is 1. The minimum Gasteiger partial charge on any atom is -0.375 e. The van der Waals surface area contributed by atoms with Crippen molar-refractivity contribution in [3.8, 4) is 0 Å². The van der Waals surface area contributed by atoms with Crippen molar-refractivity contribution in [1.82, 2.24) is 14.5 Å². The van der Waals surface area contributed by atoms with Crippen LogP contribution in [0, 0.1) is 6.92 Å². The minimum absolute atomic E-state index is 0.0343. The Hall–Kier alpha value is -2.21. The Bertz CT molecular complexity index is 815. The van der Waals surface area contributed by atoms with Crippen LogP contribution in [0.3, 0.4) is 0 Å². The van der Waals surface area contributed by atoms with E-state index in [1.165, 1.54) is 0 Å². The first-order chi connectivity index (χ1) is 12.1. The van der Waals surface area contributed by atoms with Gasteiger partial charge in [-0.2, -0.15) is 0 Å². The monoisotopic (exact) mass is 343 g/mol. The predicted octanol–water partition coefficient (Wildman–Crippen LogP) is 2.12. The Balaban J connectivity index is 1.63. The van der Waals surface area contributed by atoms with Gasteiger partial charge in [0.05, 0.1) is 23.6 Å². The van der Waals surface area contributed by atoms with E-state index in [0.29, 0.717) is 50.3 Å². The van der Waals surface area contributed by atoms with Gasteiger partial charge in [0, 0.05) is 26.1 Å². The normalized spacial score (nSPS) is 17.8. The second kappa shape index (κ2) is 7.78. The average molecular weight is 343 g/mol. The molecule has 0 N–H and O–H groups in total. The summed E-state index contributed by atoms with van der Waals surface area (Å²) in [5.41, 5.74) is 0.684. The zero-order valence-electron chi connectivity index (χ0n) is 14.9. The predicted molar refractivity (Wildman–Crippen MR) is 96.6 cm³/mol. The molecule has 1 fully saturated rings. The highest BCUT2D eigenvalue weighted by Gasteiger charge is 2.22. The highest BCUT2D eigenvalue weighted by Crippen LogP contribution is 2.11. The fourth-order valence-corrected chi connectivity index (χ4v) is 3.28. The second-order valence-electron chi connectivity index (χ2n) is 6.48. The number of hydrogen-bond donors (Lipinski definition) is 0. The van der Waals surface area contributed by atoms with Crippen molar-refractivity contribution in [1.29, 1.82) is 0 Å². The van der Waals surface area contributed by atoms with Crippen LogP contribution in [-0.4, -0.2) is 46.2 Å². The molecule has 0 radical (unpaired) electrons. The largest absolute Gasteiger partial charge is 0.375 e. The molecule has 0 bridgehead atoms. The summed E-state index contributed by atoms with van der Waals surface area (Å²) >= 11 is 0. The van der Waals surface area contributed by atoms with Gasteiger partial charge in [-0.3, -0.25) is 14.2 Å². The quantitative estimate of drug-likeness (QED) is 0.834. The van der Waals surface area contributed by atoms with E-state index >= 15 is 0 Å². The number of rotatable bonds is 5. The third-order valence-corrected chi connectivity index (χ3v) is 4.77. The summed E-state index contributed by atoms with van der Waals surface area (Å²) in [6, 6.07) is 7.37. The molecule has 1 unspecified atom stereocenters. The number of ether oxygens (including phenoxy) is 1. The molecule has 1 aromatic heterocycles. The van der Waals surface area contributed by atoms with E-state index in [9.17, 15) is 9.59 Å². The number of morpholine rings is 1. The number of carbonyl (C=O) groups excluding carboxylic acids is 1. The van der Waals surface area contributed by atoms with Gasteiger partial charge in [-0.15, -0.1) is 0 Å². The van der Waals surface area contributed by atoms with E-state index in [-0.39, 0.29) is 17.6 Å². The fourth-order valence-electron chi connectivity index (χ4n) is 3.28. The lowest BCUT2D eigenvalue weighted by Crippen LogP contribution is -2.45. The third kappa shape index (κ3) is 3.90. The molecular weight excluding hydrogens is 318 g/mol. The van der Waals surface area contributed by atoms with Crippen LogP contribution >= 0.6 is 0 Å². The van der Waals surface area contributed by atoms with Gasteiger partial charge in [0.25, 0.3) is 5.56 Å². The molecule has 2 heterocycles. The van der Waals surface area contributed by atoms with Gasteiger partial charge in [0.1, 0.15) is 5.82 Å². The lowest BCUT2D eigenvalue weighted by molar-refractivity contribution is -0.139. The van der Waals surface area contributed by atoms with Crippen molar-refractivity contribution in [2.75, 3.05) is 19.7 Å². The molecule has 1 atom stereocenters. The topological polar surface area (TPSA) is 64.4 Å². The van der Waals surface area contributed by atoms with E-state index < -0.39 is 0 Å². The molecule has 134 valence electrons. The van der Waals surface area contributed by atoms with E-state index in [4.69, 9.17) is 4.74 Å². The van der Waals surface area contributed by atoms with E-state index in [2.05, 4.69) is 11.9 Å². The van der Waals surface area contributed by atoms with Gasteiger partial charge in [-0.05, 0) is 31.9 Å². The van der Waals surface area contributed by atoms with Crippen LogP contribution in [0.1, 0.15) is 32.0 Å². The van der Waals surface area contributed by atoms with E-state index in [0.717, 1.165) is 11.9 Å². The first kappa shape index (κ1) is 17.6. The Morgan fingerprint density at radius 2 is 2.16 bits per heavy atom. The van der Waals surface area contributed by atoms with Crippen LogP contribution in [0.2, 0.25) is 0 Å². The summed E-state index contributed by atoms with van der Waals surface area (Å²) in [6.07, 6.45) is 2.14. The van der Waals surface area contributed by atoms with Crippen LogP contribution in [-0.2, 0) is 16.1 Å². The number of hydrogen-bond acceptors (Lipinski definition) is 4. The Morgan fingerprint density at radius 3 is 2.96 bits per heavy atom.